The number of terminal acetylenes is 1. The first-order chi connectivity index (χ1) is 13.7. The number of aromatic hydroxyl groups is 1. The summed E-state index contributed by atoms with van der Waals surface area (Å²) in [4.78, 5) is 27.4. The SMILES string of the molecule is C#CCN1C(=O)N(c2ccc(C#N)c(C(F)(F)F)c2)C(=O)C1c1ccc(O)cc1. The summed E-state index contributed by atoms with van der Waals surface area (Å²) in [5.41, 5.74) is -1.87. The van der Waals surface area contributed by atoms with Gasteiger partial charge < -0.3 is 5.11 Å². The smallest absolute Gasteiger partial charge is 0.417 e. The molecule has 146 valence electrons. The van der Waals surface area contributed by atoms with E-state index >= 15 is 0 Å². The Morgan fingerprint density at radius 1 is 1.14 bits per heavy atom. The number of phenolic OH excluding ortho intramolecular Hbond substituents is 1. The van der Waals surface area contributed by atoms with Crippen LogP contribution >= 0.6 is 0 Å². The number of carbonyl (C=O) groups excluding carboxylic acids is 2. The molecule has 0 aliphatic carbocycles. The van der Waals surface area contributed by atoms with Crippen LogP contribution in [0.4, 0.5) is 23.7 Å². The lowest BCUT2D eigenvalue weighted by atomic mass is 10.0. The van der Waals surface area contributed by atoms with E-state index in [0.29, 0.717) is 16.5 Å². The minimum Gasteiger partial charge on any atom is -0.508 e. The van der Waals surface area contributed by atoms with Crippen LogP contribution in [0.5, 0.6) is 5.75 Å². The molecular weight excluding hydrogens is 387 g/mol. The quantitative estimate of drug-likeness (QED) is 0.633. The van der Waals surface area contributed by atoms with Gasteiger partial charge in [0.25, 0.3) is 5.91 Å². The first kappa shape index (κ1) is 19.8. The monoisotopic (exact) mass is 399 g/mol. The van der Waals surface area contributed by atoms with E-state index in [4.69, 9.17) is 11.7 Å². The predicted molar refractivity (Wildman–Crippen MR) is 95.4 cm³/mol. The van der Waals surface area contributed by atoms with Crippen molar-refractivity contribution in [2.75, 3.05) is 11.4 Å². The zero-order valence-electron chi connectivity index (χ0n) is 14.6. The maximum Gasteiger partial charge on any atom is 0.417 e. The Bertz CT molecular complexity index is 1070. The Hall–Kier alpha value is -3.98. The molecule has 0 bridgehead atoms. The average molecular weight is 399 g/mol. The molecule has 2 aromatic carbocycles. The fraction of sp³-hybridized carbons (Fsp3) is 0.150. The summed E-state index contributed by atoms with van der Waals surface area (Å²) < 4.78 is 39.8. The molecular formula is C20H12F3N3O3. The standard InChI is InChI=1S/C20H12F3N3O3/c1-2-9-25-17(12-4-7-15(27)8-5-12)18(28)26(19(25)29)14-6-3-13(11-24)16(10-14)20(21,22)23/h1,3-8,10,17,27H,9H2. The number of halogens is 3. The van der Waals surface area contributed by atoms with E-state index in [0.717, 1.165) is 17.0 Å². The van der Waals surface area contributed by atoms with Gasteiger partial charge in [-0.2, -0.15) is 18.4 Å². The van der Waals surface area contributed by atoms with E-state index in [2.05, 4.69) is 5.92 Å². The van der Waals surface area contributed by atoms with Crippen LogP contribution < -0.4 is 4.90 Å². The van der Waals surface area contributed by atoms with Gasteiger partial charge in [0.15, 0.2) is 0 Å². The van der Waals surface area contributed by atoms with Crippen molar-refractivity contribution < 1.29 is 27.9 Å². The zero-order chi connectivity index (χ0) is 21.3. The van der Waals surface area contributed by atoms with Crippen LogP contribution in [0.1, 0.15) is 22.7 Å². The molecule has 3 rings (SSSR count). The molecule has 1 aliphatic rings. The molecule has 0 radical (unpaired) electrons. The molecule has 3 amide bonds. The van der Waals surface area contributed by atoms with E-state index in [1.807, 2.05) is 0 Å². The molecule has 2 aromatic rings. The van der Waals surface area contributed by atoms with Gasteiger partial charge in [0.2, 0.25) is 0 Å². The predicted octanol–water partition coefficient (Wildman–Crippen LogP) is 3.43. The third kappa shape index (κ3) is 3.46. The number of phenols is 1. The second-order valence-corrected chi connectivity index (χ2v) is 6.12. The van der Waals surface area contributed by atoms with E-state index < -0.39 is 35.3 Å². The number of nitrogens with zero attached hydrogens (tertiary/aromatic N) is 3. The second kappa shape index (κ2) is 7.21. The lowest BCUT2D eigenvalue weighted by Crippen LogP contribution is -2.33. The first-order valence-corrected chi connectivity index (χ1v) is 8.17. The average Bonchev–Trinajstić information content (AvgIpc) is 2.92. The van der Waals surface area contributed by atoms with E-state index in [1.165, 1.54) is 30.3 Å². The van der Waals surface area contributed by atoms with Gasteiger partial charge in [-0.25, -0.2) is 9.69 Å². The molecule has 1 unspecified atom stereocenters. The van der Waals surface area contributed by atoms with E-state index in [-0.39, 0.29) is 18.0 Å². The number of anilines is 1. The van der Waals surface area contributed by atoms with Gasteiger partial charge in [-0.05, 0) is 35.9 Å². The molecule has 1 N–H and O–H groups in total. The maximum atomic E-state index is 13.3. The molecule has 1 heterocycles. The number of amides is 3. The van der Waals surface area contributed by atoms with Gasteiger partial charge >= 0.3 is 12.2 Å². The number of hydrogen-bond acceptors (Lipinski definition) is 4. The third-order valence-electron chi connectivity index (χ3n) is 4.36. The summed E-state index contributed by atoms with van der Waals surface area (Å²) in [5.74, 6) is 1.39. The number of benzene rings is 2. The number of urea groups is 1. The summed E-state index contributed by atoms with van der Waals surface area (Å²) in [6.45, 7) is -0.255. The number of imide groups is 1. The lowest BCUT2D eigenvalue weighted by Gasteiger charge is -2.19. The number of hydrogen-bond donors (Lipinski definition) is 1. The van der Waals surface area contributed by atoms with Gasteiger partial charge in [0, 0.05) is 0 Å². The van der Waals surface area contributed by atoms with Crippen molar-refractivity contribution in [2.24, 2.45) is 0 Å². The molecule has 0 saturated carbocycles. The van der Waals surface area contributed by atoms with Crippen molar-refractivity contribution >= 4 is 17.6 Å². The highest BCUT2D eigenvalue weighted by Crippen LogP contribution is 2.38. The number of carbonyl (C=O) groups is 2. The molecule has 29 heavy (non-hydrogen) atoms. The molecule has 1 atom stereocenters. The van der Waals surface area contributed by atoms with E-state index in [1.54, 1.807) is 0 Å². The molecule has 6 nitrogen and oxygen atoms in total. The molecule has 1 saturated heterocycles. The van der Waals surface area contributed by atoms with Gasteiger partial charge in [-0.15, -0.1) is 6.42 Å². The summed E-state index contributed by atoms with van der Waals surface area (Å²) >= 11 is 0. The van der Waals surface area contributed by atoms with Crippen molar-refractivity contribution in [3.8, 4) is 24.2 Å². The summed E-state index contributed by atoms with van der Waals surface area (Å²) in [6.07, 6.45) is 0.440. The van der Waals surface area contributed by atoms with Crippen molar-refractivity contribution in [1.82, 2.24) is 4.90 Å². The topological polar surface area (TPSA) is 84.6 Å². The van der Waals surface area contributed by atoms with Gasteiger partial charge in [-0.1, -0.05) is 18.1 Å². The third-order valence-corrected chi connectivity index (χ3v) is 4.36. The molecule has 1 fully saturated rings. The Balaban J connectivity index is 2.10. The largest absolute Gasteiger partial charge is 0.508 e. The van der Waals surface area contributed by atoms with Crippen molar-refractivity contribution in [3.63, 3.8) is 0 Å². The highest BCUT2D eigenvalue weighted by molar-refractivity contribution is 6.21. The molecule has 0 spiro atoms. The van der Waals surface area contributed by atoms with Gasteiger partial charge in [0.1, 0.15) is 11.8 Å². The minimum absolute atomic E-state index is 0.0622. The fourth-order valence-corrected chi connectivity index (χ4v) is 3.07. The van der Waals surface area contributed by atoms with Crippen LogP contribution in [0, 0.1) is 23.7 Å². The van der Waals surface area contributed by atoms with Gasteiger partial charge in [-0.3, -0.25) is 9.69 Å². The normalized spacial score (nSPS) is 16.7. The van der Waals surface area contributed by atoms with Crippen molar-refractivity contribution in [1.29, 1.82) is 5.26 Å². The highest BCUT2D eigenvalue weighted by atomic mass is 19.4. The Morgan fingerprint density at radius 2 is 1.79 bits per heavy atom. The Kier molecular flexibility index (Phi) is 4.92. The van der Waals surface area contributed by atoms with Crippen LogP contribution in [0.15, 0.2) is 42.5 Å². The van der Waals surface area contributed by atoms with Crippen LogP contribution in [0.3, 0.4) is 0 Å². The molecule has 0 aromatic heterocycles. The fourth-order valence-electron chi connectivity index (χ4n) is 3.07. The number of alkyl halides is 3. The maximum absolute atomic E-state index is 13.3. The summed E-state index contributed by atoms with van der Waals surface area (Å²) in [5, 5.41) is 18.4. The van der Waals surface area contributed by atoms with Crippen LogP contribution in [-0.4, -0.2) is 28.5 Å². The number of rotatable bonds is 3. The number of nitriles is 1. The molecule has 9 heteroatoms. The Labute approximate surface area is 163 Å². The first-order valence-electron chi connectivity index (χ1n) is 8.17. The van der Waals surface area contributed by atoms with Crippen molar-refractivity contribution in [3.05, 3.63) is 59.2 Å². The summed E-state index contributed by atoms with van der Waals surface area (Å²) in [6, 6.07) is 7.43. The minimum atomic E-state index is -4.85. The van der Waals surface area contributed by atoms with Gasteiger partial charge in [0.05, 0.1) is 29.4 Å². The highest BCUT2D eigenvalue weighted by Gasteiger charge is 2.47. The van der Waals surface area contributed by atoms with Crippen molar-refractivity contribution in [2.45, 2.75) is 12.2 Å². The van der Waals surface area contributed by atoms with Crippen LogP contribution in [0.2, 0.25) is 0 Å². The lowest BCUT2D eigenvalue weighted by molar-refractivity contribution is -0.137. The zero-order valence-corrected chi connectivity index (χ0v) is 14.6. The Morgan fingerprint density at radius 3 is 2.34 bits per heavy atom. The summed E-state index contributed by atoms with van der Waals surface area (Å²) in [7, 11) is 0. The van der Waals surface area contributed by atoms with E-state index in [9.17, 15) is 27.9 Å². The second-order valence-electron chi connectivity index (χ2n) is 6.12. The van der Waals surface area contributed by atoms with Crippen LogP contribution in [0.25, 0.3) is 0 Å². The van der Waals surface area contributed by atoms with Crippen LogP contribution in [-0.2, 0) is 11.0 Å². The molecule has 1 aliphatic heterocycles.